The monoisotopic (exact) mass is 1360 g/mol. The van der Waals surface area contributed by atoms with Crippen molar-refractivity contribution >= 4 is 0 Å². The summed E-state index contributed by atoms with van der Waals surface area (Å²) in [5.74, 6) is -16.1. The molecule has 0 spiro atoms. The number of phenols is 17. The van der Waals surface area contributed by atoms with Crippen LogP contribution in [0.5, 0.6) is 103 Å². The van der Waals surface area contributed by atoms with Gasteiger partial charge >= 0.3 is 0 Å². The summed E-state index contributed by atoms with van der Waals surface area (Å²) >= 11 is 0. The average Bonchev–Trinajstić information content (AvgIpc) is 1.53. The van der Waals surface area contributed by atoms with Crippen molar-refractivity contribution in [2.24, 2.45) is 0 Å². The van der Waals surface area contributed by atoms with Gasteiger partial charge in [-0.2, -0.15) is 0 Å². The van der Waals surface area contributed by atoms with E-state index in [1.54, 1.807) is 78.9 Å². The lowest BCUT2D eigenvalue weighted by Gasteiger charge is -2.35. The van der Waals surface area contributed by atoms with Crippen molar-refractivity contribution in [3.05, 3.63) is 318 Å². The normalized spacial score (nSPS) is 21.9. The van der Waals surface area contributed by atoms with Crippen LogP contribution in [0.3, 0.4) is 0 Å². The molecule has 17 N–H and O–H groups in total. The number of rotatable bonds is 10. The third kappa shape index (κ3) is 9.60. The lowest BCUT2D eigenvalue weighted by molar-refractivity contribution is 0.221. The van der Waals surface area contributed by atoms with Crippen LogP contribution < -0.4 is 4.74 Å². The molecule has 508 valence electrons. The molecule has 1 aliphatic heterocycles. The third-order valence-corrected chi connectivity index (χ3v) is 22.1. The topological polar surface area (TPSA) is 353 Å². The van der Waals surface area contributed by atoms with E-state index in [4.69, 9.17) is 4.74 Å². The Labute approximate surface area is 581 Å². The lowest BCUT2D eigenvalue weighted by Crippen LogP contribution is -2.21. The molecule has 18 heteroatoms. The molecule has 12 aromatic carbocycles. The first kappa shape index (κ1) is 62.6. The van der Waals surface area contributed by atoms with Crippen LogP contribution in [-0.4, -0.2) is 86.8 Å². The van der Waals surface area contributed by atoms with E-state index in [1.807, 2.05) is 0 Å². The van der Waals surface area contributed by atoms with E-state index in [2.05, 4.69) is 0 Å². The number of phenolic OH excluding ortho intramolecular Hbond substituents is 17. The van der Waals surface area contributed by atoms with Crippen LogP contribution in [0.4, 0.5) is 0 Å². The predicted molar refractivity (Wildman–Crippen MR) is 373 cm³/mol. The van der Waals surface area contributed by atoms with Crippen molar-refractivity contribution in [2.75, 3.05) is 0 Å². The van der Waals surface area contributed by atoms with Crippen LogP contribution in [0.15, 0.2) is 212 Å². The predicted octanol–water partition coefficient (Wildman–Crippen LogP) is 15.2. The molecule has 18 nitrogen and oxygen atoms in total. The number of ether oxygens (including phenoxy) is 1. The number of fused-ring (bicyclic) bond motifs is 3. The number of benzene rings is 12. The molecule has 0 bridgehead atoms. The summed E-state index contributed by atoms with van der Waals surface area (Å²) in [6.07, 6.45) is -0.899. The highest BCUT2D eigenvalue weighted by Crippen LogP contribution is 2.73. The van der Waals surface area contributed by atoms with Crippen molar-refractivity contribution in [2.45, 2.75) is 71.2 Å². The fourth-order valence-corrected chi connectivity index (χ4v) is 18.5. The molecule has 102 heavy (non-hydrogen) atoms. The van der Waals surface area contributed by atoms with E-state index >= 15 is 0 Å². The zero-order chi connectivity index (χ0) is 70.7. The molecule has 0 unspecified atom stereocenters. The molecule has 0 saturated carbocycles. The van der Waals surface area contributed by atoms with Gasteiger partial charge in [-0.15, -0.1) is 0 Å². The minimum absolute atomic E-state index is 0.0157. The van der Waals surface area contributed by atoms with Crippen molar-refractivity contribution < 1.29 is 91.5 Å². The Kier molecular flexibility index (Phi) is 14.1. The van der Waals surface area contributed by atoms with Crippen LogP contribution in [0, 0.1) is 0 Å². The van der Waals surface area contributed by atoms with Gasteiger partial charge in [0.1, 0.15) is 110 Å². The first-order chi connectivity index (χ1) is 49.1. The van der Waals surface area contributed by atoms with E-state index in [0.29, 0.717) is 61.2 Å². The van der Waals surface area contributed by atoms with E-state index in [1.165, 1.54) is 115 Å². The molecular weight excluding hydrogens is 1300 g/mol. The summed E-state index contributed by atoms with van der Waals surface area (Å²) in [4.78, 5) is 0. The van der Waals surface area contributed by atoms with Gasteiger partial charge in [-0.05, 0) is 176 Å². The molecule has 0 amide bonds. The molecule has 0 aromatic heterocycles. The molecule has 0 radical (unpaired) electrons. The molecule has 4 aliphatic carbocycles. The maximum absolute atomic E-state index is 13.7. The van der Waals surface area contributed by atoms with Crippen LogP contribution >= 0.6 is 0 Å². The van der Waals surface area contributed by atoms with Crippen molar-refractivity contribution in [1.29, 1.82) is 0 Å². The van der Waals surface area contributed by atoms with Crippen LogP contribution in [0.2, 0.25) is 0 Å². The van der Waals surface area contributed by atoms with Gasteiger partial charge in [0.15, 0.2) is 0 Å². The number of hydrogen-bond donors (Lipinski definition) is 17. The Morgan fingerprint density at radius 3 is 1.05 bits per heavy atom. The van der Waals surface area contributed by atoms with Crippen molar-refractivity contribution in [3.63, 3.8) is 0 Å². The Hall–Kier alpha value is -13.0. The van der Waals surface area contributed by atoms with Crippen molar-refractivity contribution in [3.8, 4) is 103 Å². The second-order valence-electron chi connectivity index (χ2n) is 27.5. The molecule has 0 saturated heterocycles. The SMILES string of the molecule is Oc1ccc([C@H](c2c(O)cc([C@H]3c4c(O)cc5c6c4[C@H]([C@@H](c4ccc(O)cc4)c4c(O)cc(O)cc4[C@H]6[C@H](c4ccc(O)cc4)O5)[C@@H]3c3ccc(O)cc3)cc2O)[C@H]2c3cc(O)cc(O)c3[C@H](c3ccc(O)cc3)[C@H]3c4c2c(O)cc(O)c4[C@H](c2cc(O)cc(O)c2)[C@H]3c2ccc(O)cc2)cc1. The minimum Gasteiger partial charge on any atom is -0.508 e. The first-order valence-electron chi connectivity index (χ1n) is 33.2. The van der Waals surface area contributed by atoms with Crippen LogP contribution in [-0.2, 0) is 0 Å². The largest absolute Gasteiger partial charge is 0.508 e. The highest BCUT2D eigenvalue weighted by molar-refractivity contribution is 5.76. The van der Waals surface area contributed by atoms with Crippen LogP contribution in [0.1, 0.15) is 177 Å². The standard InChI is InChI=1S/C84H64O18/c85-44-13-1-36(2-14-44)64-69(42-25-50(91)29-51(92)26-42)76-60(99)34-61(100)78-73(54-30-52(93)32-58(97)71(54)66(80(64)82(76)78)38-5-17-46(87)18-6-38)68(40-9-21-48(89)22-10-40)75-56(95)27-43(28-57(75)96)70-65(37-3-15-45(86)16-4-37)81-67(39-7-19-47(88)20-8-39)72-55(31-53(94)33-59(72)98)74-79-63(35-62(101)77(70)83(79)81)102-84(74)41-11-23-49(90)24-12-41/h1-35,64-70,73-74,80-81,84-101H/t64-,65-,66+,67+,68+,69-,70-,73-,74-,80+,81+,84+/m1/s1. The molecule has 12 atom stereocenters. The second-order valence-corrected chi connectivity index (χ2v) is 27.5. The molecule has 12 aromatic rings. The first-order valence-corrected chi connectivity index (χ1v) is 33.2. The maximum atomic E-state index is 13.7. The molecular formula is C84H64O18. The molecule has 0 fully saturated rings. The van der Waals surface area contributed by atoms with E-state index < -0.39 is 106 Å². The number of aromatic hydroxyl groups is 17. The zero-order valence-electron chi connectivity index (χ0n) is 53.6. The zero-order valence-corrected chi connectivity index (χ0v) is 53.6. The minimum atomic E-state index is -1.46. The Morgan fingerprint density at radius 1 is 0.225 bits per heavy atom. The van der Waals surface area contributed by atoms with Gasteiger partial charge in [0.25, 0.3) is 0 Å². The number of hydrogen-bond acceptors (Lipinski definition) is 18. The van der Waals surface area contributed by atoms with E-state index in [-0.39, 0.29) is 114 Å². The highest BCUT2D eigenvalue weighted by Gasteiger charge is 2.58. The van der Waals surface area contributed by atoms with E-state index in [9.17, 15) is 86.8 Å². The summed E-state index contributed by atoms with van der Waals surface area (Å²) in [6, 6.07) is 52.8. The van der Waals surface area contributed by atoms with Gasteiger partial charge in [0, 0.05) is 128 Å². The highest BCUT2D eigenvalue weighted by atomic mass is 16.5. The Bertz CT molecular complexity index is 5360. The van der Waals surface area contributed by atoms with Gasteiger partial charge in [-0.3, -0.25) is 0 Å². The summed E-state index contributed by atoms with van der Waals surface area (Å²) in [6.45, 7) is 0. The second kappa shape index (κ2) is 23.1. The molecule has 5 aliphatic rings. The fourth-order valence-electron chi connectivity index (χ4n) is 18.5. The average molecular weight is 1360 g/mol. The Morgan fingerprint density at radius 2 is 0.578 bits per heavy atom. The van der Waals surface area contributed by atoms with E-state index in [0.717, 1.165) is 18.2 Å². The smallest absolute Gasteiger partial charge is 0.135 e. The van der Waals surface area contributed by atoms with Gasteiger partial charge in [0.05, 0.1) is 5.92 Å². The summed E-state index contributed by atoms with van der Waals surface area (Å²) in [7, 11) is 0. The lowest BCUT2D eigenvalue weighted by atomic mass is 9.68. The molecule has 17 rings (SSSR count). The van der Waals surface area contributed by atoms with Gasteiger partial charge in [0.2, 0.25) is 0 Å². The maximum Gasteiger partial charge on any atom is 0.135 e. The molecule has 1 heterocycles. The van der Waals surface area contributed by atoms with Crippen molar-refractivity contribution in [1.82, 2.24) is 0 Å². The summed E-state index contributed by atoms with van der Waals surface area (Å²) in [5, 5.41) is 204. The van der Waals surface area contributed by atoms with Crippen LogP contribution in [0.25, 0.3) is 0 Å². The van der Waals surface area contributed by atoms with Gasteiger partial charge < -0.3 is 91.5 Å². The fraction of sp³-hybridized carbons (Fsp3) is 0.143. The quantitative estimate of drug-likeness (QED) is 0.0605. The van der Waals surface area contributed by atoms with Gasteiger partial charge in [-0.25, -0.2) is 0 Å². The van der Waals surface area contributed by atoms with Gasteiger partial charge in [-0.1, -0.05) is 72.8 Å². The summed E-state index contributed by atoms with van der Waals surface area (Å²) < 4.78 is 6.95. The third-order valence-electron chi connectivity index (χ3n) is 22.1. The summed E-state index contributed by atoms with van der Waals surface area (Å²) in [5.41, 5.74) is 6.62. The Balaban J connectivity index is 0.949.